The highest BCUT2D eigenvalue weighted by Gasteiger charge is 2.07. The first-order valence-electron chi connectivity index (χ1n) is 5.78. The summed E-state index contributed by atoms with van der Waals surface area (Å²) in [6.07, 6.45) is 8.54. The van der Waals surface area contributed by atoms with E-state index in [1.54, 1.807) is 0 Å². The number of rotatable bonds is 6. The van der Waals surface area contributed by atoms with Gasteiger partial charge in [0.25, 0.3) is 0 Å². The molecule has 0 saturated heterocycles. The van der Waals surface area contributed by atoms with E-state index in [0.29, 0.717) is 0 Å². The van der Waals surface area contributed by atoms with Gasteiger partial charge in [0.15, 0.2) is 0 Å². The van der Waals surface area contributed by atoms with Crippen molar-refractivity contribution in [2.24, 2.45) is 17.8 Å². The molecule has 78 valence electrons. The van der Waals surface area contributed by atoms with E-state index in [4.69, 9.17) is 0 Å². The van der Waals surface area contributed by atoms with Gasteiger partial charge in [0.05, 0.1) is 0 Å². The van der Waals surface area contributed by atoms with E-state index in [0.717, 1.165) is 17.8 Å². The fourth-order valence-corrected chi connectivity index (χ4v) is 1.30. The van der Waals surface area contributed by atoms with Gasteiger partial charge in [-0.15, -0.1) is 0 Å². The zero-order valence-corrected chi connectivity index (χ0v) is 10.0. The van der Waals surface area contributed by atoms with Crippen molar-refractivity contribution in [2.75, 3.05) is 0 Å². The number of hydrogen-bond donors (Lipinski definition) is 0. The minimum absolute atomic E-state index is 0.754. The Hall–Kier alpha value is -0.260. The third-order valence-electron chi connectivity index (χ3n) is 3.23. The molecular formula is C13H26. The highest BCUT2D eigenvalue weighted by molar-refractivity contribution is 4.87. The van der Waals surface area contributed by atoms with Crippen molar-refractivity contribution in [3.05, 3.63) is 12.2 Å². The van der Waals surface area contributed by atoms with E-state index in [1.807, 2.05) is 0 Å². The van der Waals surface area contributed by atoms with Crippen LogP contribution in [0.2, 0.25) is 0 Å². The van der Waals surface area contributed by atoms with Gasteiger partial charge in [-0.2, -0.15) is 0 Å². The predicted molar refractivity (Wildman–Crippen MR) is 61.8 cm³/mol. The average molecular weight is 182 g/mol. The van der Waals surface area contributed by atoms with Gasteiger partial charge >= 0.3 is 0 Å². The van der Waals surface area contributed by atoms with E-state index < -0.39 is 0 Å². The third-order valence-corrected chi connectivity index (χ3v) is 3.23. The van der Waals surface area contributed by atoms with Crippen LogP contribution in [0.25, 0.3) is 0 Å². The molecule has 0 amide bonds. The molecule has 0 heterocycles. The molecule has 0 bridgehead atoms. The minimum atomic E-state index is 0.754. The van der Waals surface area contributed by atoms with Gasteiger partial charge in [0.1, 0.15) is 0 Å². The van der Waals surface area contributed by atoms with E-state index in [1.165, 1.54) is 19.3 Å². The van der Waals surface area contributed by atoms with Crippen LogP contribution in [0, 0.1) is 17.8 Å². The second kappa shape index (κ2) is 7.17. The zero-order valence-electron chi connectivity index (χ0n) is 10.0. The first-order chi connectivity index (χ1) is 6.11. The van der Waals surface area contributed by atoms with Gasteiger partial charge in [-0.1, -0.05) is 59.6 Å². The van der Waals surface area contributed by atoms with Gasteiger partial charge in [-0.05, 0) is 24.2 Å². The Labute approximate surface area is 84.4 Å². The monoisotopic (exact) mass is 182 g/mol. The van der Waals surface area contributed by atoms with Crippen LogP contribution in [0.4, 0.5) is 0 Å². The molecule has 0 aliphatic carbocycles. The molecule has 0 spiro atoms. The summed E-state index contributed by atoms with van der Waals surface area (Å²) in [6.45, 7) is 11.5. The predicted octanol–water partition coefficient (Wildman–Crippen LogP) is 4.66. The lowest BCUT2D eigenvalue weighted by Gasteiger charge is -2.16. The minimum Gasteiger partial charge on any atom is -0.0880 e. The van der Waals surface area contributed by atoms with Crippen molar-refractivity contribution in [1.82, 2.24) is 0 Å². The quantitative estimate of drug-likeness (QED) is 0.524. The van der Waals surface area contributed by atoms with Gasteiger partial charge < -0.3 is 0 Å². The van der Waals surface area contributed by atoms with Gasteiger partial charge in [-0.3, -0.25) is 0 Å². The Morgan fingerprint density at radius 3 is 2.00 bits per heavy atom. The Kier molecular flexibility index (Phi) is 7.03. The van der Waals surface area contributed by atoms with Crippen molar-refractivity contribution in [3.63, 3.8) is 0 Å². The van der Waals surface area contributed by atoms with Gasteiger partial charge in [0, 0.05) is 0 Å². The lowest BCUT2D eigenvalue weighted by Crippen LogP contribution is -2.05. The summed E-state index contributed by atoms with van der Waals surface area (Å²) in [5.41, 5.74) is 0. The maximum absolute atomic E-state index is 2.37. The summed E-state index contributed by atoms with van der Waals surface area (Å²) in [5, 5.41) is 0. The SMILES string of the molecule is CCC(C)C=CCC(C)C(C)CC. The molecule has 13 heavy (non-hydrogen) atoms. The molecule has 0 radical (unpaired) electrons. The highest BCUT2D eigenvalue weighted by atomic mass is 14.1. The second-order valence-electron chi connectivity index (χ2n) is 4.41. The largest absolute Gasteiger partial charge is 0.0880 e. The maximum atomic E-state index is 2.37. The summed E-state index contributed by atoms with van der Waals surface area (Å²) in [7, 11) is 0. The van der Waals surface area contributed by atoms with Crippen LogP contribution in [0.5, 0.6) is 0 Å². The number of hydrogen-bond acceptors (Lipinski definition) is 0. The molecule has 3 atom stereocenters. The fourth-order valence-electron chi connectivity index (χ4n) is 1.30. The van der Waals surface area contributed by atoms with E-state index in [2.05, 4.69) is 46.8 Å². The smallest absolute Gasteiger partial charge is 0.0265 e. The molecule has 0 aromatic heterocycles. The lowest BCUT2D eigenvalue weighted by atomic mass is 9.90. The van der Waals surface area contributed by atoms with Gasteiger partial charge in [-0.25, -0.2) is 0 Å². The standard InChI is InChI=1S/C13H26/c1-6-11(3)9-8-10-13(5)12(4)7-2/h8-9,11-13H,6-7,10H2,1-5H3. The highest BCUT2D eigenvalue weighted by Crippen LogP contribution is 2.18. The Bertz CT molecular complexity index is 135. The van der Waals surface area contributed by atoms with Crippen LogP contribution in [-0.2, 0) is 0 Å². The van der Waals surface area contributed by atoms with E-state index >= 15 is 0 Å². The Morgan fingerprint density at radius 1 is 0.923 bits per heavy atom. The van der Waals surface area contributed by atoms with Crippen molar-refractivity contribution in [3.8, 4) is 0 Å². The molecule has 0 N–H and O–H groups in total. The third kappa shape index (κ3) is 5.90. The van der Waals surface area contributed by atoms with Crippen LogP contribution in [-0.4, -0.2) is 0 Å². The van der Waals surface area contributed by atoms with Crippen molar-refractivity contribution in [1.29, 1.82) is 0 Å². The van der Waals surface area contributed by atoms with Crippen LogP contribution >= 0.6 is 0 Å². The van der Waals surface area contributed by atoms with E-state index in [9.17, 15) is 0 Å². The molecule has 0 saturated carbocycles. The summed E-state index contributed by atoms with van der Waals surface area (Å²) in [6, 6.07) is 0. The molecule has 3 unspecified atom stereocenters. The van der Waals surface area contributed by atoms with Crippen molar-refractivity contribution < 1.29 is 0 Å². The van der Waals surface area contributed by atoms with Crippen LogP contribution in [0.15, 0.2) is 12.2 Å². The molecule has 0 heteroatoms. The molecule has 0 rings (SSSR count). The van der Waals surface area contributed by atoms with Crippen LogP contribution in [0.1, 0.15) is 53.9 Å². The number of allylic oxidation sites excluding steroid dienone is 2. The lowest BCUT2D eigenvalue weighted by molar-refractivity contribution is 0.380. The molecule has 0 nitrogen and oxygen atoms in total. The molecule has 0 fully saturated rings. The van der Waals surface area contributed by atoms with Crippen molar-refractivity contribution in [2.45, 2.75) is 53.9 Å². The van der Waals surface area contributed by atoms with E-state index in [-0.39, 0.29) is 0 Å². The van der Waals surface area contributed by atoms with Gasteiger partial charge in [0.2, 0.25) is 0 Å². The summed E-state index contributed by atoms with van der Waals surface area (Å²) in [5.74, 6) is 2.45. The molecule has 0 aliphatic heterocycles. The molecule has 0 aromatic rings. The normalized spacial score (nSPS) is 18.8. The topological polar surface area (TPSA) is 0 Å². The zero-order chi connectivity index (χ0) is 10.3. The second-order valence-corrected chi connectivity index (χ2v) is 4.41. The first kappa shape index (κ1) is 12.7. The van der Waals surface area contributed by atoms with Crippen LogP contribution in [0.3, 0.4) is 0 Å². The average Bonchev–Trinajstić information content (AvgIpc) is 2.15. The Balaban J connectivity index is 3.68. The molecule has 0 aliphatic rings. The molecular weight excluding hydrogens is 156 g/mol. The Morgan fingerprint density at radius 2 is 1.54 bits per heavy atom. The summed E-state index contributed by atoms with van der Waals surface area (Å²) >= 11 is 0. The van der Waals surface area contributed by atoms with Crippen molar-refractivity contribution >= 4 is 0 Å². The first-order valence-corrected chi connectivity index (χ1v) is 5.78. The maximum Gasteiger partial charge on any atom is -0.0265 e. The fraction of sp³-hybridized carbons (Fsp3) is 0.846. The summed E-state index contributed by atoms with van der Waals surface area (Å²) < 4.78 is 0. The van der Waals surface area contributed by atoms with Crippen LogP contribution < -0.4 is 0 Å². The summed E-state index contributed by atoms with van der Waals surface area (Å²) in [4.78, 5) is 0. The molecule has 0 aromatic carbocycles.